The van der Waals surface area contributed by atoms with Crippen molar-refractivity contribution >= 4 is 0 Å². The van der Waals surface area contributed by atoms with Gasteiger partial charge < -0.3 is 10.2 Å². The number of allylic oxidation sites excluding steroid dienone is 1. The predicted octanol–water partition coefficient (Wildman–Crippen LogP) is 4.99. The van der Waals surface area contributed by atoms with Gasteiger partial charge in [0, 0.05) is 0 Å². The second-order valence-corrected chi connectivity index (χ2v) is 5.90. The lowest BCUT2D eigenvalue weighted by atomic mass is 10.0. The van der Waals surface area contributed by atoms with Crippen LogP contribution in [0.25, 0.3) is 0 Å². The Morgan fingerprint density at radius 1 is 0.800 bits per heavy atom. The van der Waals surface area contributed by atoms with E-state index in [1.807, 2.05) is 19.1 Å². The summed E-state index contributed by atoms with van der Waals surface area (Å²) in [7, 11) is 0. The van der Waals surface area contributed by atoms with Crippen LogP contribution in [0.2, 0.25) is 0 Å². The molecule has 20 heavy (non-hydrogen) atoms. The number of hydrogen-bond donors (Lipinski definition) is 2. The van der Waals surface area contributed by atoms with Gasteiger partial charge >= 0.3 is 0 Å². The average molecular weight is 284 g/mol. The molecule has 2 atom stereocenters. The first-order valence-corrected chi connectivity index (χ1v) is 8.73. The third-order valence-corrected chi connectivity index (χ3v) is 3.83. The maximum Gasteiger partial charge on any atom is 0.0718 e. The summed E-state index contributed by atoms with van der Waals surface area (Å²) in [5.74, 6) is 0. The van der Waals surface area contributed by atoms with E-state index in [0.29, 0.717) is 0 Å². The highest BCUT2D eigenvalue weighted by atomic mass is 16.3. The Hall–Kier alpha value is -0.340. The van der Waals surface area contributed by atoms with Crippen LogP contribution in [0, 0.1) is 0 Å². The van der Waals surface area contributed by atoms with E-state index >= 15 is 0 Å². The molecule has 0 heterocycles. The van der Waals surface area contributed by atoms with Gasteiger partial charge in [0.05, 0.1) is 12.2 Å². The fourth-order valence-corrected chi connectivity index (χ4v) is 2.34. The number of aliphatic hydroxyl groups is 2. The lowest BCUT2D eigenvalue weighted by molar-refractivity contribution is 0.148. The quantitative estimate of drug-likeness (QED) is 0.348. The van der Waals surface area contributed by atoms with Crippen molar-refractivity contribution in [3.05, 3.63) is 12.2 Å². The maximum atomic E-state index is 9.87. The van der Waals surface area contributed by atoms with Crippen molar-refractivity contribution in [3.8, 4) is 0 Å². The summed E-state index contributed by atoms with van der Waals surface area (Å²) >= 11 is 0. The molecule has 0 rings (SSSR count). The fraction of sp³-hybridized carbons (Fsp3) is 0.889. The standard InChI is InChI=1S/C18H36O2/c1-3-5-6-7-8-9-11-15-18(20)16-13-10-12-14-17(19)4-2/h12,14,17-20H,3-11,13,15-16H2,1-2H3. The minimum Gasteiger partial charge on any atom is -0.393 e. The Balaban J connectivity index is 3.28. The van der Waals surface area contributed by atoms with E-state index in [4.69, 9.17) is 0 Å². The van der Waals surface area contributed by atoms with Crippen LogP contribution in [0.15, 0.2) is 12.2 Å². The lowest BCUT2D eigenvalue weighted by Crippen LogP contribution is -2.05. The van der Waals surface area contributed by atoms with Gasteiger partial charge in [-0.05, 0) is 32.1 Å². The third kappa shape index (κ3) is 14.1. The molecule has 0 saturated heterocycles. The number of rotatable bonds is 14. The molecule has 0 aromatic heterocycles. The Morgan fingerprint density at radius 3 is 2.05 bits per heavy atom. The minimum atomic E-state index is -0.298. The van der Waals surface area contributed by atoms with Crippen LogP contribution in [0.4, 0.5) is 0 Å². The SMILES string of the molecule is CCCCCCCCCC(O)CCCC=CC(O)CC. The molecule has 0 bridgehead atoms. The van der Waals surface area contributed by atoms with E-state index in [1.54, 1.807) is 0 Å². The first-order valence-electron chi connectivity index (χ1n) is 8.73. The van der Waals surface area contributed by atoms with E-state index in [2.05, 4.69) is 6.92 Å². The molecule has 0 fully saturated rings. The largest absolute Gasteiger partial charge is 0.393 e. The Morgan fingerprint density at radius 2 is 1.40 bits per heavy atom. The summed E-state index contributed by atoms with van der Waals surface area (Å²) in [6, 6.07) is 0. The van der Waals surface area contributed by atoms with Crippen LogP contribution in [0.1, 0.15) is 90.9 Å². The van der Waals surface area contributed by atoms with Gasteiger partial charge in [0.1, 0.15) is 0 Å². The third-order valence-electron chi connectivity index (χ3n) is 3.83. The van der Waals surface area contributed by atoms with Crippen LogP contribution in [-0.2, 0) is 0 Å². The van der Waals surface area contributed by atoms with Gasteiger partial charge in [-0.1, -0.05) is 70.9 Å². The molecule has 0 aromatic rings. The zero-order valence-electron chi connectivity index (χ0n) is 13.7. The lowest BCUT2D eigenvalue weighted by Gasteiger charge is -2.09. The van der Waals surface area contributed by atoms with E-state index in [9.17, 15) is 10.2 Å². The van der Waals surface area contributed by atoms with Gasteiger partial charge in [-0.15, -0.1) is 0 Å². The second-order valence-electron chi connectivity index (χ2n) is 5.90. The van der Waals surface area contributed by atoms with Gasteiger partial charge in [0.25, 0.3) is 0 Å². The molecule has 0 aliphatic carbocycles. The summed E-state index contributed by atoms with van der Waals surface area (Å²) < 4.78 is 0. The van der Waals surface area contributed by atoms with Crippen molar-refractivity contribution < 1.29 is 10.2 Å². The Kier molecular flexibility index (Phi) is 14.8. The number of hydrogen-bond acceptors (Lipinski definition) is 2. The summed E-state index contributed by atoms with van der Waals surface area (Å²) in [5, 5.41) is 19.2. The average Bonchev–Trinajstić information content (AvgIpc) is 2.45. The minimum absolute atomic E-state index is 0.129. The van der Waals surface area contributed by atoms with E-state index in [1.165, 1.54) is 38.5 Å². The summed E-state index contributed by atoms with van der Waals surface area (Å²) in [4.78, 5) is 0. The van der Waals surface area contributed by atoms with Gasteiger partial charge in [0.15, 0.2) is 0 Å². The molecule has 0 amide bonds. The summed E-state index contributed by atoms with van der Waals surface area (Å²) in [6.45, 7) is 4.22. The van der Waals surface area contributed by atoms with Crippen LogP contribution in [0.3, 0.4) is 0 Å². The van der Waals surface area contributed by atoms with Gasteiger partial charge in [-0.2, -0.15) is 0 Å². The molecule has 0 aliphatic heterocycles. The van der Waals surface area contributed by atoms with Crippen molar-refractivity contribution in [1.82, 2.24) is 0 Å². The zero-order valence-corrected chi connectivity index (χ0v) is 13.7. The highest BCUT2D eigenvalue weighted by Gasteiger charge is 2.03. The molecule has 2 N–H and O–H groups in total. The molecular weight excluding hydrogens is 248 g/mol. The molecule has 0 saturated carbocycles. The van der Waals surface area contributed by atoms with Gasteiger partial charge in [-0.3, -0.25) is 0 Å². The highest BCUT2D eigenvalue weighted by Crippen LogP contribution is 2.12. The first kappa shape index (κ1) is 19.7. The summed E-state index contributed by atoms with van der Waals surface area (Å²) in [6.07, 6.45) is 17.2. The summed E-state index contributed by atoms with van der Waals surface area (Å²) in [5.41, 5.74) is 0. The van der Waals surface area contributed by atoms with Crippen molar-refractivity contribution in [1.29, 1.82) is 0 Å². The molecule has 0 radical (unpaired) electrons. The van der Waals surface area contributed by atoms with E-state index in [0.717, 1.165) is 38.5 Å². The topological polar surface area (TPSA) is 40.5 Å². The normalized spacial score (nSPS) is 14.8. The molecule has 0 aliphatic rings. The predicted molar refractivity (Wildman–Crippen MR) is 87.9 cm³/mol. The van der Waals surface area contributed by atoms with Gasteiger partial charge in [-0.25, -0.2) is 0 Å². The van der Waals surface area contributed by atoms with Crippen LogP contribution in [-0.4, -0.2) is 22.4 Å². The monoisotopic (exact) mass is 284 g/mol. The number of aliphatic hydroxyl groups excluding tert-OH is 2. The van der Waals surface area contributed by atoms with Crippen molar-refractivity contribution in [3.63, 3.8) is 0 Å². The fourth-order valence-electron chi connectivity index (χ4n) is 2.34. The molecule has 2 heteroatoms. The van der Waals surface area contributed by atoms with Crippen LogP contribution in [0.5, 0.6) is 0 Å². The van der Waals surface area contributed by atoms with Crippen molar-refractivity contribution in [2.24, 2.45) is 0 Å². The molecule has 0 aromatic carbocycles. The Labute approximate surface area is 126 Å². The molecular formula is C18H36O2. The van der Waals surface area contributed by atoms with Gasteiger partial charge in [0.2, 0.25) is 0 Å². The molecule has 2 nitrogen and oxygen atoms in total. The second kappa shape index (κ2) is 15.1. The number of unbranched alkanes of at least 4 members (excludes halogenated alkanes) is 7. The van der Waals surface area contributed by atoms with Crippen molar-refractivity contribution in [2.45, 2.75) is 103 Å². The molecule has 2 unspecified atom stereocenters. The van der Waals surface area contributed by atoms with Crippen molar-refractivity contribution in [2.75, 3.05) is 0 Å². The van der Waals surface area contributed by atoms with Crippen LogP contribution >= 0.6 is 0 Å². The first-order chi connectivity index (χ1) is 9.70. The van der Waals surface area contributed by atoms with Crippen LogP contribution < -0.4 is 0 Å². The maximum absolute atomic E-state index is 9.87. The smallest absolute Gasteiger partial charge is 0.0718 e. The zero-order chi connectivity index (χ0) is 15.1. The van der Waals surface area contributed by atoms with E-state index in [-0.39, 0.29) is 12.2 Å². The highest BCUT2D eigenvalue weighted by molar-refractivity contribution is 4.87. The van der Waals surface area contributed by atoms with E-state index < -0.39 is 0 Å². The molecule has 0 spiro atoms. The molecule has 120 valence electrons. The Bertz CT molecular complexity index is 213.